The molecule has 0 fully saturated rings. The van der Waals surface area contributed by atoms with Gasteiger partial charge in [0.25, 0.3) is 0 Å². The Kier molecular flexibility index (Phi) is 6.42. The summed E-state index contributed by atoms with van der Waals surface area (Å²) >= 11 is 1.50. The molecule has 0 aromatic heterocycles. The van der Waals surface area contributed by atoms with Crippen LogP contribution < -0.4 is 5.32 Å². The molecule has 0 aliphatic rings. The summed E-state index contributed by atoms with van der Waals surface area (Å²) in [6, 6.07) is 7.45. The molecule has 0 radical (unpaired) electrons. The van der Waals surface area contributed by atoms with Gasteiger partial charge in [-0.25, -0.2) is 4.79 Å². The van der Waals surface area contributed by atoms with Crippen molar-refractivity contribution < 1.29 is 14.7 Å². The van der Waals surface area contributed by atoms with Crippen molar-refractivity contribution in [3.05, 3.63) is 35.4 Å². The number of rotatable bonds is 7. The van der Waals surface area contributed by atoms with Crippen molar-refractivity contribution in [3.63, 3.8) is 0 Å². The number of thioether (sulfide) groups is 1. The summed E-state index contributed by atoms with van der Waals surface area (Å²) in [5, 5.41) is 11.4. The Bertz CT molecular complexity index is 431. The van der Waals surface area contributed by atoms with E-state index in [4.69, 9.17) is 5.11 Å². The molecule has 5 heteroatoms. The van der Waals surface area contributed by atoms with Crippen LogP contribution in [0, 0.1) is 0 Å². The van der Waals surface area contributed by atoms with Crippen LogP contribution >= 0.6 is 11.8 Å². The number of hydrogen-bond donors (Lipinski definition) is 2. The van der Waals surface area contributed by atoms with Crippen LogP contribution in [0.15, 0.2) is 24.3 Å². The smallest absolute Gasteiger partial charge is 0.327 e. The lowest BCUT2D eigenvalue weighted by molar-refractivity contribution is -0.140. The van der Waals surface area contributed by atoms with E-state index < -0.39 is 12.0 Å². The Balaban J connectivity index is 2.42. The Labute approximate surface area is 117 Å². The molecule has 0 saturated carbocycles. The lowest BCUT2D eigenvalue weighted by Gasteiger charge is -2.12. The number of benzene rings is 1. The van der Waals surface area contributed by atoms with Crippen LogP contribution in [0.2, 0.25) is 0 Å². The summed E-state index contributed by atoms with van der Waals surface area (Å²) in [5.41, 5.74) is 2.45. The molecule has 4 nitrogen and oxygen atoms in total. The van der Waals surface area contributed by atoms with Gasteiger partial charge in [0.05, 0.1) is 0 Å². The molecular formula is C14H19NO3S. The fraction of sp³-hybridized carbons (Fsp3) is 0.429. The maximum Gasteiger partial charge on any atom is 0.327 e. The van der Waals surface area contributed by atoms with Crippen LogP contribution in [0.4, 0.5) is 0 Å². The molecular weight excluding hydrogens is 262 g/mol. The van der Waals surface area contributed by atoms with E-state index in [1.807, 2.05) is 0 Å². The second-order valence-electron chi connectivity index (χ2n) is 4.28. The number of amides is 1. The third-order valence-electron chi connectivity index (χ3n) is 2.66. The summed E-state index contributed by atoms with van der Waals surface area (Å²) in [6.45, 7) is 3.43. The third-order valence-corrected chi connectivity index (χ3v) is 3.77. The van der Waals surface area contributed by atoms with Crippen LogP contribution in [0.3, 0.4) is 0 Å². The second kappa shape index (κ2) is 7.84. The number of aryl methyl sites for hydroxylation is 1. The Morgan fingerprint density at radius 1 is 1.26 bits per heavy atom. The van der Waals surface area contributed by atoms with Gasteiger partial charge in [0.1, 0.15) is 6.04 Å². The maximum atomic E-state index is 10.9. The van der Waals surface area contributed by atoms with Crippen molar-refractivity contribution in [2.75, 3.05) is 5.75 Å². The first-order valence-corrected chi connectivity index (χ1v) is 7.34. The number of carboxylic acids is 1. The number of carbonyl (C=O) groups excluding carboxylic acids is 1. The first-order valence-electron chi connectivity index (χ1n) is 6.18. The molecule has 0 heterocycles. The summed E-state index contributed by atoms with van der Waals surface area (Å²) in [7, 11) is 0. The summed E-state index contributed by atoms with van der Waals surface area (Å²) < 4.78 is 0. The number of carbonyl (C=O) groups is 2. The van der Waals surface area contributed by atoms with E-state index in [0.29, 0.717) is 5.75 Å². The normalized spacial score (nSPS) is 11.9. The van der Waals surface area contributed by atoms with E-state index in [1.54, 1.807) is 0 Å². The van der Waals surface area contributed by atoms with E-state index in [9.17, 15) is 9.59 Å². The highest BCUT2D eigenvalue weighted by Crippen LogP contribution is 2.14. The van der Waals surface area contributed by atoms with Crippen molar-refractivity contribution >= 4 is 23.6 Å². The fourth-order valence-corrected chi connectivity index (χ4v) is 2.59. The molecule has 1 rings (SSSR count). The van der Waals surface area contributed by atoms with Crippen LogP contribution in [-0.4, -0.2) is 28.8 Å². The van der Waals surface area contributed by atoms with Crippen molar-refractivity contribution in [1.29, 1.82) is 0 Å². The monoisotopic (exact) mass is 281 g/mol. The molecule has 1 unspecified atom stereocenters. The quantitative estimate of drug-likeness (QED) is 0.803. The van der Waals surface area contributed by atoms with E-state index in [0.717, 1.165) is 17.7 Å². The van der Waals surface area contributed by atoms with E-state index in [1.165, 1.54) is 24.2 Å². The summed E-state index contributed by atoms with van der Waals surface area (Å²) in [4.78, 5) is 21.8. The highest BCUT2D eigenvalue weighted by molar-refractivity contribution is 7.98. The van der Waals surface area contributed by atoms with Gasteiger partial charge in [0.2, 0.25) is 5.91 Å². The molecule has 0 bridgehead atoms. The highest BCUT2D eigenvalue weighted by atomic mass is 32.2. The zero-order valence-electron chi connectivity index (χ0n) is 11.2. The van der Waals surface area contributed by atoms with Crippen molar-refractivity contribution in [2.24, 2.45) is 0 Å². The van der Waals surface area contributed by atoms with Gasteiger partial charge in [-0.05, 0) is 17.5 Å². The van der Waals surface area contributed by atoms with Gasteiger partial charge in [-0.15, -0.1) is 0 Å². The van der Waals surface area contributed by atoms with Gasteiger partial charge < -0.3 is 10.4 Å². The minimum atomic E-state index is -0.996. The minimum Gasteiger partial charge on any atom is -0.480 e. The predicted octanol–water partition coefficient (Wildman–Crippen LogP) is 2.07. The third kappa shape index (κ3) is 5.79. The van der Waals surface area contributed by atoms with Gasteiger partial charge in [0.15, 0.2) is 0 Å². The minimum absolute atomic E-state index is 0.319. The molecule has 0 spiro atoms. The van der Waals surface area contributed by atoms with Crippen LogP contribution in [0.1, 0.15) is 25.0 Å². The second-order valence-corrected chi connectivity index (χ2v) is 5.31. The largest absolute Gasteiger partial charge is 0.480 e. The Morgan fingerprint density at radius 2 is 1.84 bits per heavy atom. The summed E-state index contributed by atoms with van der Waals surface area (Å²) in [5.74, 6) is -0.207. The fourth-order valence-electron chi connectivity index (χ4n) is 1.59. The SMILES string of the molecule is CCc1ccc(CSCC(NC(C)=O)C(=O)O)cc1. The predicted molar refractivity (Wildman–Crippen MR) is 77.2 cm³/mol. The number of nitrogens with one attached hydrogen (secondary N) is 1. The maximum absolute atomic E-state index is 10.9. The van der Waals surface area contributed by atoms with E-state index in [-0.39, 0.29) is 5.91 Å². The molecule has 104 valence electrons. The first kappa shape index (κ1) is 15.6. The van der Waals surface area contributed by atoms with Gasteiger partial charge in [0, 0.05) is 18.4 Å². The van der Waals surface area contributed by atoms with Gasteiger partial charge in [-0.3, -0.25) is 4.79 Å². The average molecular weight is 281 g/mol. The first-order chi connectivity index (χ1) is 9.02. The molecule has 0 saturated heterocycles. The molecule has 1 aromatic rings. The van der Waals surface area contributed by atoms with Crippen LogP contribution in [0.5, 0.6) is 0 Å². The van der Waals surface area contributed by atoms with Crippen molar-refractivity contribution in [3.8, 4) is 0 Å². The zero-order chi connectivity index (χ0) is 14.3. The van der Waals surface area contributed by atoms with Crippen molar-refractivity contribution in [1.82, 2.24) is 5.32 Å². The molecule has 1 amide bonds. The Morgan fingerprint density at radius 3 is 2.32 bits per heavy atom. The molecule has 1 aromatic carbocycles. The lowest BCUT2D eigenvalue weighted by Crippen LogP contribution is -2.41. The average Bonchev–Trinajstić information content (AvgIpc) is 2.37. The van der Waals surface area contributed by atoms with Gasteiger partial charge in [-0.1, -0.05) is 31.2 Å². The number of hydrogen-bond acceptors (Lipinski definition) is 3. The molecule has 0 aliphatic carbocycles. The van der Waals surface area contributed by atoms with E-state index in [2.05, 4.69) is 36.5 Å². The molecule has 1 atom stereocenters. The van der Waals surface area contributed by atoms with Crippen LogP contribution in [0.25, 0.3) is 0 Å². The standard InChI is InChI=1S/C14H19NO3S/c1-3-11-4-6-12(7-5-11)8-19-9-13(14(17)18)15-10(2)16/h4-7,13H,3,8-9H2,1-2H3,(H,15,16)(H,17,18). The molecule has 19 heavy (non-hydrogen) atoms. The van der Waals surface area contributed by atoms with Gasteiger partial charge in [-0.2, -0.15) is 11.8 Å². The lowest BCUT2D eigenvalue weighted by atomic mass is 10.1. The number of carboxylic acid groups (broad SMARTS) is 1. The number of aliphatic carboxylic acids is 1. The van der Waals surface area contributed by atoms with Crippen LogP contribution in [-0.2, 0) is 21.8 Å². The zero-order valence-corrected chi connectivity index (χ0v) is 12.0. The Hall–Kier alpha value is -1.49. The topological polar surface area (TPSA) is 66.4 Å². The molecule has 2 N–H and O–H groups in total. The van der Waals surface area contributed by atoms with Gasteiger partial charge >= 0.3 is 5.97 Å². The highest BCUT2D eigenvalue weighted by Gasteiger charge is 2.17. The van der Waals surface area contributed by atoms with Crippen molar-refractivity contribution in [2.45, 2.75) is 32.1 Å². The van der Waals surface area contributed by atoms with E-state index >= 15 is 0 Å². The molecule has 0 aliphatic heterocycles. The summed E-state index contributed by atoms with van der Waals surface area (Å²) in [6.07, 6.45) is 1.01.